The fourth-order valence-electron chi connectivity index (χ4n) is 2.01. The summed E-state index contributed by atoms with van der Waals surface area (Å²) in [6, 6.07) is 3.46. The number of rotatable bonds is 6. The van der Waals surface area contributed by atoms with E-state index in [2.05, 4.69) is 5.32 Å². The van der Waals surface area contributed by atoms with Crippen LogP contribution in [0.15, 0.2) is 12.1 Å². The van der Waals surface area contributed by atoms with Crippen LogP contribution in [0.25, 0.3) is 0 Å². The van der Waals surface area contributed by atoms with E-state index >= 15 is 0 Å². The molecule has 1 fully saturated rings. The molecule has 0 spiro atoms. The van der Waals surface area contributed by atoms with Gasteiger partial charge in [0.2, 0.25) is 0 Å². The molecule has 5 heteroatoms. The summed E-state index contributed by atoms with van der Waals surface area (Å²) >= 11 is 11.9. The summed E-state index contributed by atoms with van der Waals surface area (Å²) in [4.78, 5) is 0. The molecule has 0 atom stereocenters. The molecule has 0 amide bonds. The van der Waals surface area contributed by atoms with Gasteiger partial charge in [-0.25, -0.2) is 0 Å². The Morgan fingerprint density at radius 3 is 2.61 bits per heavy atom. The van der Waals surface area contributed by atoms with E-state index in [1.165, 1.54) is 12.8 Å². The molecule has 0 aliphatic heterocycles. The van der Waals surface area contributed by atoms with Crippen molar-refractivity contribution in [3.8, 4) is 0 Å². The average Bonchev–Trinajstić information content (AvgIpc) is 3.10. The van der Waals surface area contributed by atoms with Gasteiger partial charge in [0.15, 0.2) is 0 Å². The van der Waals surface area contributed by atoms with Crippen LogP contribution >= 0.6 is 23.2 Å². The highest BCUT2D eigenvalue weighted by Crippen LogP contribution is 2.49. The minimum Gasteiger partial charge on any atom is -0.397 e. The largest absolute Gasteiger partial charge is 0.397 e. The molecule has 0 heterocycles. The molecule has 18 heavy (non-hydrogen) atoms. The zero-order chi connectivity index (χ0) is 13.2. The summed E-state index contributed by atoms with van der Waals surface area (Å²) < 4.78 is 5.14. The summed E-state index contributed by atoms with van der Waals surface area (Å²) in [5, 5.41) is 4.38. The van der Waals surface area contributed by atoms with E-state index in [9.17, 15) is 0 Å². The van der Waals surface area contributed by atoms with E-state index in [1.807, 2.05) is 0 Å². The fourth-order valence-corrected chi connectivity index (χ4v) is 2.34. The zero-order valence-electron chi connectivity index (χ0n) is 10.4. The maximum absolute atomic E-state index is 5.99. The molecule has 1 saturated carbocycles. The number of nitrogen functional groups attached to an aromatic ring is 1. The van der Waals surface area contributed by atoms with Gasteiger partial charge in [-0.05, 0) is 36.8 Å². The Morgan fingerprint density at radius 2 is 2.00 bits per heavy atom. The SMILES string of the molecule is COCCC1(CNc2cc(Cl)c(Cl)cc2N)CC1. The van der Waals surface area contributed by atoms with Gasteiger partial charge in [0.05, 0.1) is 21.4 Å². The maximum Gasteiger partial charge on any atom is 0.0614 e. The molecule has 100 valence electrons. The summed E-state index contributed by atoms with van der Waals surface area (Å²) in [7, 11) is 1.74. The zero-order valence-corrected chi connectivity index (χ0v) is 11.9. The van der Waals surface area contributed by atoms with E-state index in [0.717, 1.165) is 25.3 Å². The van der Waals surface area contributed by atoms with Gasteiger partial charge in [-0.1, -0.05) is 23.2 Å². The van der Waals surface area contributed by atoms with Gasteiger partial charge in [-0.2, -0.15) is 0 Å². The monoisotopic (exact) mass is 288 g/mol. The predicted molar refractivity (Wildman–Crippen MR) is 77.5 cm³/mol. The highest BCUT2D eigenvalue weighted by atomic mass is 35.5. The third kappa shape index (κ3) is 3.22. The van der Waals surface area contributed by atoms with Gasteiger partial charge in [-0.3, -0.25) is 0 Å². The van der Waals surface area contributed by atoms with Gasteiger partial charge < -0.3 is 15.8 Å². The molecule has 3 nitrogen and oxygen atoms in total. The number of benzene rings is 1. The van der Waals surface area contributed by atoms with Crippen molar-refractivity contribution in [3.05, 3.63) is 22.2 Å². The number of methoxy groups -OCH3 is 1. The van der Waals surface area contributed by atoms with Crippen LogP contribution in [0.4, 0.5) is 11.4 Å². The van der Waals surface area contributed by atoms with Crippen LogP contribution in [0.2, 0.25) is 10.0 Å². The van der Waals surface area contributed by atoms with E-state index < -0.39 is 0 Å². The van der Waals surface area contributed by atoms with Gasteiger partial charge >= 0.3 is 0 Å². The standard InChI is InChI=1S/C13H18Cl2N2O/c1-18-5-4-13(2-3-13)8-17-12-7-10(15)9(14)6-11(12)16/h6-7,17H,2-5,8,16H2,1H3. The fraction of sp³-hybridized carbons (Fsp3) is 0.538. The van der Waals surface area contributed by atoms with Crippen LogP contribution in [0.5, 0.6) is 0 Å². The van der Waals surface area contributed by atoms with Crippen molar-refractivity contribution in [3.63, 3.8) is 0 Å². The summed E-state index contributed by atoms with van der Waals surface area (Å²) in [6.45, 7) is 1.71. The Bertz CT molecular complexity index is 433. The van der Waals surface area contributed by atoms with E-state index in [1.54, 1.807) is 19.2 Å². The number of anilines is 2. The highest BCUT2D eigenvalue weighted by molar-refractivity contribution is 6.42. The number of hydrogen-bond donors (Lipinski definition) is 2. The summed E-state index contributed by atoms with van der Waals surface area (Å²) in [6.07, 6.45) is 3.56. The first kappa shape index (κ1) is 13.8. The van der Waals surface area contributed by atoms with E-state index in [4.69, 9.17) is 33.7 Å². The minimum absolute atomic E-state index is 0.370. The maximum atomic E-state index is 5.99. The average molecular weight is 289 g/mol. The summed E-state index contributed by atoms with van der Waals surface area (Å²) in [5.74, 6) is 0. The molecule has 0 saturated heterocycles. The molecule has 1 aliphatic carbocycles. The molecule has 0 bridgehead atoms. The van der Waals surface area contributed by atoms with Crippen molar-refractivity contribution in [2.75, 3.05) is 31.3 Å². The number of nitrogens with two attached hydrogens (primary N) is 1. The molecule has 2 rings (SSSR count). The third-order valence-electron chi connectivity index (χ3n) is 3.54. The first-order chi connectivity index (χ1) is 8.56. The van der Waals surface area contributed by atoms with Crippen molar-refractivity contribution >= 4 is 34.6 Å². The van der Waals surface area contributed by atoms with E-state index in [-0.39, 0.29) is 0 Å². The van der Waals surface area contributed by atoms with Crippen LogP contribution in [-0.4, -0.2) is 20.3 Å². The normalized spacial score (nSPS) is 16.6. The first-order valence-corrected chi connectivity index (χ1v) is 6.79. The smallest absolute Gasteiger partial charge is 0.0614 e. The molecule has 0 unspecified atom stereocenters. The lowest BCUT2D eigenvalue weighted by atomic mass is 10.0. The van der Waals surface area contributed by atoms with Crippen LogP contribution in [-0.2, 0) is 4.74 Å². The second kappa shape index (κ2) is 5.55. The van der Waals surface area contributed by atoms with Gasteiger partial charge in [0.1, 0.15) is 0 Å². The second-order valence-corrected chi connectivity index (χ2v) is 5.76. The van der Waals surface area contributed by atoms with E-state index in [0.29, 0.717) is 21.1 Å². The number of nitrogens with one attached hydrogen (secondary N) is 1. The third-order valence-corrected chi connectivity index (χ3v) is 4.26. The lowest BCUT2D eigenvalue weighted by Crippen LogP contribution is -2.17. The molecule has 0 aromatic heterocycles. The second-order valence-electron chi connectivity index (χ2n) is 4.95. The lowest BCUT2D eigenvalue weighted by molar-refractivity contribution is 0.175. The molecule has 1 aliphatic rings. The molecule has 1 aromatic rings. The molecule has 1 aromatic carbocycles. The van der Waals surface area contributed by atoms with Gasteiger partial charge in [-0.15, -0.1) is 0 Å². The predicted octanol–water partition coefficient (Wildman–Crippen LogP) is 3.80. The Hall–Kier alpha value is -0.640. The number of hydrogen-bond acceptors (Lipinski definition) is 3. The quantitative estimate of drug-likeness (QED) is 0.783. The van der Waals surface area contributed by atoms with Crippen LogP contribution in [0.1, 0.15) is 19.3 Å². The van der Waals surface area contributed by atoms with Crippen molar-refractivity contribution in [1.82, 2.24) is 0 Å². The van der Waals surface area contributed by atoms with Crippen molar-refractivity contribution in [2.45, 2.75) is 19.3 Å². The topological polar surface area (TPSA) is 47.3 Å². The molecule has 3 N–H and O–H groups in total. The first-order valence-electron chi connectivity index (χ1n) is 6.04. The minimum atomic E-state index is 0.370. The Labute approximate surface area is 118 Å². The van der Waals surface area contributed by atoms with Crippen LogP contribution in [0, 0.1) is 5.41 Å². The van der Waals surface area contributed by atoms with Crippen molar-refractivity contribution in [1.29, 1.82) is 0 Å². The Balaban J connectivity index is 1.96. The van der Waals surface area contributed by atoms with Crippen LogP contribution < -0.4 is 11.1 Å². The van der Waals surface area contributed by atoms with Gasteiger partial charge in [0.25, 0.3) is 0 Å². The molecule has 0 radical (unpaired) electrons. The van der Waals surface area contributed by atoms with Gasteiger partial charge in [0, 0.05) is 20.3 Å². The number of halogens is 2. The number of ether oxygens (including phenoxy) is 1. The molecular weight excluding hydrogens is 271 g/mol. The Kier molecular flexibility index (Phi) is 4.25. The van der Waals surface area contributed by atoms with Crippen LogP contribution in [0.3, 0.4) is 0 Å². The summed E-state index contributed by atoms with van der Waals surface area (Å²) in [5.41, 5.74) is 7.77. The lowest BCUT2D eigenvalue weighted by Gasteiger charge is -2.17. The highest BCUT2D eigenvalue weighted by Gasteiger charge is 2.41. The molecular formula is C13H18Cl2N2O. The Morgan fingerprint density at radius 1 is 1.33 bits per heavy atom. The van der Waals surface area contributed by atoms with Crippen molar-refractivity contribution in [2.24, 2.45) is 5.41 Å². The van der Waals surface area contributed by atoms with Crippen molar-refractivity contribution < 1.29 is 4.74 Å².